The Kier molecular flexibility index (Phi) is 12.1. The Morgan fingerprint density at radius 2 is 0.862 bits per heavy atom. The average Bonchev–Trinajstić information content (AvgIpc) is 2.70. The van der Waals surface area contributed by atoms with E-state index in [-0.39, 0.29) is 34.3 Å². The van der Waals surface area contributed by atoms with Crippen LogP contribution in [-0.2, 0) is 19.5 Å². The summed E-state index contributed by atoms with van der Waals surface area (Å²) in [6, 6.07) is 19.7. The van der Waals surface area contributed by atoms with Crippen LogP contribution >= 0.6 is 0 Å². The second-order valence-corrected chi connectivity index (χ2v) is 5.87. The zero-order valence-corrected chi connectivity index (χ0v) is 19.0. The molecular formula is C24H26N4Ru. The first-order valence-electron chi connectivity index (χ1n) is 8.40. The number of pyridine rings is 4. The third-order valence-electron chi connectivity index (χ3n) is 3.69. The van der Waals surface area contributed by atoms with Crippen molar-refractivity contribution in [2.24, 2.45) is 0 Å². The van der Waals surface area contributed by atoms with Crippen molar-refractivity contribution in [2.75, 3.05) is 0 Å². The monoisotopic (exact) mass is 472 g/mol. The first-order chi connectivity index (χ1) is 12.7. The minimum Gasteiger partial charge on any atom is -0.358 e. The summed E-state index contributed by atoms with van der Waals surface area (Å²) in [6.07, 6.45) is 7.16. The second-order valence-electron chi connectivity index (χ2n) is 5.87. The fourth-order valence-corrected chi connectivity index (χ4v) is 2.38. The summed E-state index contributed by atoms with van der Waals surface area (Å²) in [4.78, 5) is 16.9. The summed E-state index contributed by atoms with van der Waals surface area (Å²) >= 11 is 0. The minimum atomic E-state index is 0. The Bertz CT molecular complexity index is 879. The molecule has 0 aliphatic carbocycles. The smallest absolute Gasteiger partial charge is 0.358 e. The fraction of sp³-hybridized carbons (Fsp3) is 0.0833. The molecule has 4 rings (SSSR count). The standard InChI is InChI=1S/C12H12N2.C10H8N2.2CH3.Ru/c1-9-3-5-13-11(7-9)12-8-10(2)4-6-14-12;1-3-7-11-9(5-1)10-6-2-4-8-12-10;;;/h3-8H,1-2H3;1-8H;2*1H3;/q;;2*-1;+2. The molecule has 0 amide bonds. The van der Waals surface area contributed by atoms with Gasteiger partial charge in [-0.25, -0.2) is 0 Å². The largest absolute Gasteiger partial charge is 2.00 e. The van der Waals surface area contributed by atoms with Gasteiger partial charge in [-0.2, -0.15) is 0 Å². The van der Waals surface area contributed by atoms with Crippen molar-refractivity contribution in [1.82, 2.24) is 19.9 Å². The predicted octanol–water partition coefficient (Wildman–Crippen LogP) is 5.80. The fourth-order valence-electron chi connectivity index (χ4n) is 2.38. The average molecular weight is 472 g/mol. The van der Waals surface area contributed by atoms with Crippen LogP contribution in [0.15, 0.2) is 85.5 Å². The molecular weight excluding hydrogens is 445 g/mol. The second kappa shape index (κ2) is 13.4. The molecule has 0 aromatic carbocycles. The van der Waals surface area contributed by atoms with Crippen LogP contribution in [-0.4, -0.2) is 19.9 Å². The molecule has 0 bridgehead atoms. The molecule has 0 radical (unpaired) electrons. The van der Waals surface area contributed by atoms with Gasteiger partial charge in [-0.05, 0) is 73.5 Å². The van der Waals surface area contributed by atoms with E-state index < -0.39 is 0 Å². The molecule has 0 unspecified atom stereocenters. The van der Waals surface area contributed by atoms with E-state index in [0.717, 1.165) is 22.8 Å². The van der Waals surface area contributed by atoms with Gasteiger partial charge in [0.05, 0.1) is 22.8 Å². The molecule has 150 valence electrons. The first kappa shape index (κ1) is 26.2. The van der Waals surface area contributed by atoms with E-state index in [1.807, 2.05) is 73.1 Å². The molecule has 29 heavy (non-hydrogen) atoms. The zero-order valence-electron chi connectivity index (χ0n) is 17.2. The Balaban J connectivity index is 0.000000494. The predicted molar refractivity (Wildman–Crippen MR) is 117 cm³/mol. The third kappa shape index (κ3) is 8.01. The van der Waals surface area contributed by atoms with Crippen molar-refractivity contribution >= 4 is 0 Å². The van der Waals surface area contributed by atoms with Gasteiger partial charge in [0.25, 0.3) is 0 Å². The number of rotatable bonds is 2. The van der Waals surface area contributed by atoms with Crippen molar-refractivity contribution < 1.29 is 19.5 Å². The van der Waals surface area contributed by atoms with Gasteiger partial charge >= 0.3 is 19.5 Å². The van der Waals surface area contributed by atoms with Crippen LogP contribution in [0.5, 0.6) is 0 Å². The summed E-state index contributed by atoms with van der Waals surface area (Å²) in [6.45, 7) is 4.11. The molecule has 4 nitrogen and oxygen atoms in total. The van der Waals surface area contributed by atoms with E-state index in [1.54, 1.807) is 12.4 Å². The molecule has 0 spiro atoms. The molecule has 0 saturated heterocycles. The third-order valence-corrected chi connectivity index (χ3v) is 3.69. The van der Waals surface area contributed by atoms with Gasteiger partial charge in [-0.15, -0.1) is 0 Å². The van der Waals surface area contributed by atoms with Gasteiger partial charge in [0.1, 0.15) is 0 Å². The van der Waals surface area contributed by atoms with E-state index in [4.69, 9.17) is 0 Å². The molecule has 0 aliphatic heterocycles. The number of hydrogen-bond acceptors (Lipinski definition) is 4. The summed E-state index contributed by atoms with van der Waals surface area (Å²) in [7, 11) is 0. The van der Waals surface area contributed by atoms with Gasteiger partial charge < -0.3 is 14.9 Å². The van der Waals surface area contributed by atoms with Gasteiger partial charge in [-0.3, -0.25) is 19.9 Å². The first-order valence-corrected chi connectivity index (χ1v) is 8.40. The van der Waals surface area contributed by atoms with Crippen LogP contribution in [0.3, 0.4) is 0 Å². The number of hydrogen-bond donors (Lipinski definition) is 0. The number of nitrogens with zero attached hydrogens (tertiary/aromatic N) is 4. The van der Waals surface area contributed by atoms with Crippen molar-refractivity contribution in [3.63, 3.8) is 0 Å². The van der Waals surface area contributed by atoms with Gasteiger partial charge in [0.2, 0.25) is 0 Å². The van der Waals surface area contributed by atoms with Gasteiger partial charge in [-0.1, -0.05) is 12.1 Å². The maximum atomic E-state index is 4.29. The van der Waals surface area contributed by atoms with Crippen LogP contribution in [0.25, 0.3) is 22.8 Å². The Hall–Kier alpha value is -2.78. The minimum absolute atomic E-state index is 0. The quantitative estimate of drug-likeness (QED) is 0.274. The number of aromatic nitrogens is 4. The Morgan fingerprint density at radius 3 is 1.17 bits per heavy atom. The molecule has 0 N–H and O–H groups in total. The Labute approximate surface area is 187 Å². The SMILES string of the molecule is Cc1ccnc(-c2cc(C)ccn2)c1.[CH3-].[CH3-].[Ru+2].c1ccc(-c2ccccn2)nc1. The summed E-state index contributed by atoms with van der Waals surface area (Å²) in [5, 5.41) is 0. The normalized spacial score (nSPS) is 8.90. The van der Waals surface area contributed by atoms with E-state index in [0.29, 0.717) is 0 Å². The van der Waals surface area contributed by atoms with Crippen molar-refractivity contribution in [1.29, 1.82) is 0 Å². The zero-order chi connectivity index (χ0) is 18.2. The molecule has 5 heteroatoms. The van der Waals surface area contributed by atoms with E-state index in [2.05, 4.69) is 33.8 Å². The van der Waals surface area contributed by atoms with Crippen LogP contribution in [0, 0.1) is 28.7 Å². The molecule has 4 heterocycles. The molecule has 4 aromatic heterocycles. The van der Waals surface area contributed by atoms with Gasteiger partial charge in [0, 0.05) is 24.8 Å². The van der Waals surface area contributed by atoms with Gasteiger partial charge in [0.15, 0.2) is 0 Å². The summed E-state index contributed by atoms with van der Waals surface area (Å²) in [5.74, 6) is 0. The maximum Gasteiger partial charge on any atom is 2.00 e. The van der Waals surface area contributed by atoms with E-state index in [9.17, 15) is 0 Å². The molecule has 0 aliphatic rings. The summed E-state index contributed by atoms with van der Waals surface area (Å²) < 4.78 is 0. The summed E-state index contributed by atoms with van der Waals surface area (Å²) in [5.41, 5.74) is 6.12. The van der Waals surface area contributed by atoms with Crippen LogP contribution in [0.1, 0.15) is 11.1 Å². The topological polar surface area (TPSA) is 51.6 Å². The molecule has 4 aromatic rings. The van der Waals surface area contributed by atoms with Crippen LogP contribution in [0.2, 0.25) is 0 Å². The molecule has 0 atom stereocenters. The van der Waals surface area contributed by atoms with E-state index in [1.165, 1.54) is 11.1 Å². The van der Waals surface area contributed by atoms with E-state index >= 15 is 0 Å². The van der Waals surface area contributed by atoms with Crippen LogP contribution < -0.4 is 0 Å². The van der Waals surface area contributed by atoms with Crippen molar-refractivity contribution in [3.05, 3.63) is 111 Å². The number of aryl methyl sites for hydroxylation is 2. The Morgan fingerprint density at radius 1 is 0.483 bits per heavy atom. The molecule has 0 fully saturated rings. The van der Waals surface area contributed by atoms with Crippen LogP contribution in [0.4, 0.5) is 0 Å². The maximum absolute atomic E-state index is 4.29. The van der Waals surface area contributed by atoms with Crippen molar-refractivity contribution in [2.45, 2.75) is 13.8 Å². The van der Waals surface area contributed by atoms with Crippen molar-refractivity contribution in [3.8, 4) is 22.8 Å². The molecule has 0 saturated carbocycles.